The Bertz CT molecular complexity index is 425. The molecule has 0 fully saturated rings. The molecule has 3 heteroatoms. The molecule has 0 radical (unpaired) electrons. The Labute approximate surface area is 113 Å². The van der Waals surface area contributed by atoms with Crippen molar-refractivity contribution >= 4 is 11.3 Å². The maximum Gasteiger partial charge on any atom is 0.0270 e. The SMILES string of the molecule is CCNC(CCc1ccncc1)Cc1ccsc1. The topological polar surface area (TPSA) is 24.9 Å². The van der Waals surface area contributed by atoms with Crippen molar-refractivity contribution in [3.8, 4) is 0 Å². The number of hydrogen-bond acceptors (Lipinski definition) is 3. The van der Waals surface area contributed by atoms with Crippen molar-refractivity contribution in [2.45, 2.75) is 32.2 Å². The fourth-order valence-electron chi connectivity index (χ4n) is 2.15. The lowest BCUT2D eigenvalue weighted by molar-refractivity contribution is 0.491. The molecule has 0 saturated carbocycles. The zero-order chi connectivity index (χ0) is 12.6. The van der Waals surface area contributed by atoms with E-state index in [0.717, 1.165) is 19.4 Å². The van der Waals surface area contributed by atoms with Crippen LogP contribution < -0.4 is 5.32 Å². The van der Waals surface area contributed by atoms with Crippen LogP contribution in [0, 0.1) is 0 Å². The Morgan fingerprint density at radius 3 is 2.72 bits per heavy atom. The Hall–Kier alpha value is -1.19. The first-order chi connectivity index (χ1) is 8.88. The summed E-state index contributed by atoms with van der Waals surface area (Å²) in [6.07, 6.45) is 7.16. The van der Waals surface area contributed by atoms with Crippen molar-refractivity contribution in [2.24, 2.45) is 0 Å². The molecular weight excluding hydrogens is 240 g/mol. The smallest absolute Gasteiger partial charge is 0.0270 e. The van der Waals surface area contributed by atoms with Crippen molar-refractivity contribution in [1.29, 1.82) is 0 Å². The van der Waals surface area contributed by atoms with Crippen molar-refractivity contribution in [3.05, 3.63) is 52.5 Å². The van der Waals surface area contributed by atoms with Crippen LogP contribution in [0.5, 0.6) is 0 Å². The summed E-state index contributed by atoms with van der Waals surface area (Å²) in [6, 6.07) is 7.00. The van der Waals surface area contributed by atoms with Gasteiger partial charge in [-0.2, -0.15) is 11.3 Å². The molecular formula is C15H20N2S. The maximum absolute atomic E-state index is 4.06. The van der Waals surface area contributed by atoms with Crippen molar-refractivity contribution in [2.75, 3.05) is 6.54 Å². The molecule has 2 rings (SSSR count). The summed E-state index contributed by atoms with van der Waals surface area (Å²) in [6.45, 7) is 3.21. The molecule has 96 valence electrons. The fraction of sp³-hybridized carbons (Fsp3) is 0.400. The molecule has 2 aromatic heterocycles. The van der Waals surface area contributed by atoms with Crippen LogP contribution in [0.3, 0.4) is 0 Å². The van der Waals surface area contributed by atoms with Gasteiger partial charge in [0, 0.05) is 18.4 Å². The highest BCUT2D eigenvalue weighted by atomic mass is 32.1. The van der Waals surface area contributed by atoms with Crippen molar-refractivity contribution < 1.29 is 0 Å². The second kappa shape index (κ2) is 7.29. The molecule has 0 aliphatic heterocycles. The number of hydrogen-bond donors (Lipinski definition) is 1. The number of pyridine rings is 1. The second-order valence-corrected chi connectivity index (χ2v) is 5.26. The van der Waals surface area contributed by atoms with Gasteiger partial charge in [-0.15, -0.1) is 0 Å². The van der Waals surface area contributed by atoms with Gasteiger partial charge in [-0.25, -0.2) is 0 Å². The standard InChI is InChI=1S/C15H20N2S/c1-2-17-15(11-14-7-10-18-12-14)4-3-13-5-8-16-9-6-13/h5-10,12,15,17H,2-4,11H2,1H3. The summed E-state index contributed by atoms with van der Waals surface area (Å²) < 4.78 is 0. The Morgan fingerprint density at radius 1 is 1.22 bits per heavy atom. The minimum atomic E-state index is 0.567. The molecule has 0 bridgehead atoms. The van der Waals surface area contributed by atoms with Crippen molar-refractivity contribution in [3.63, 3.8) is 0 Å². The lowest BCUT2D eigenvalue weighted by atomic mass is 10.0. The highest BCUT2D eigenvalue weighted by Crippen LogP contribution is 2.12. The van der Waals surface area contributed by atoms with E-state index in [1.165, 1.54) is 17.5 Å². The van der Waals surface area contributed by atoms with Gasteiger partial charge >= 0.3 is 0 Å². The van der Waals surface area contributed by atoms with Gasteiger partial charge in [0.25, 0.3) is 0 Å². The lowest BCUT2D eigenvalue weighted by Gasteiger charge is -2.17. The summed E-state index contributed by atoms with van der Waals surface area (Å²) in [5.41, 5.74) is 2.82. The average Bonchev–Trinajstić information content (AvgIpc) is 2.90. The fourth-order valence-corrected chi connectivity index (χ4v) is 2.83. The molecule has 0 aliphatic rings. The molecule has 1 unspecified atom stereocenters. The molecule has 2 heterocycles. The molecule has 0 spiro atoms. The van der Waals surface area contributed by atoms with Gasteiger partial charge in [-0.05, 0) is 65.9 Å². The molecule has 0 amide bonds. The van der Waals surface area contributed by atoms with E-state index in [-0.39, 0.29) is 0 Å². The van der Waals surface area contributed by atoms with Crippen LogP contribution >= 0.6 is 11.3 Å². The lowest BCUT2D eigenvalue weighted by Crippen LogP contribution is -2.31. The Kier molecular flexibility index (Phi) is 5.36. The number of nitrogens with zero attached hydrogens (tertiary/aromatic N) is 1. The summed E-state index contributed by atoms with van der Waals surface area (Å²) in [7, 11) is 0. The third kappa shape index (κ3) is 4.24. The average molecular weight is 260 g/mol. The molecule has 18 heavy (non-hydrogen) atoms. The molecule has 1 atom stereocenters. The van der Waals surface area contributed by atoms with Crippen LogP contribution in [0.2, 0.25) is 0 Å². The summed E-state index contributed by atoms with van der Waals surface area (Å²) in [5.74, 6) is 0. The molecule has 2 aromatic rings. The van der Waals surface area contributed by atoms with Gasteiger partial charge in [0.2, 0.25) is 0 Å². The van der Waals surface area contributed by atoms with Gasteiger partial charge in [0.05, 0.1) is 0 Å². The van der Waals surface area contributed by atoms with E-state index in [9.17, 15) is 0 Å². The minimum absolute atomic E-state index is 0.567. The van der Waals surface area contributed by atoms with Crippen LogP contribution in [-0.2, 0) is 12.8 Å². The molecule has 0 saturated heterocycles. The zero-order valence-electron chi connectivity index (χ0n) is 10.8. The van der Waals surface area contributed by atoms with E-state index in [1.807, 2.05) is 12.4 Å². The van der Waals surface area contributed by atoms with Gasteiger partial charge in [-0.3, -0.25) is 4.98 Å². The van der Waals surface area contributed by atoms with Crippen LogP contribution in [0.25, 0.3) is 0 Å². The van der Waals surface area contributed by atoms with E-state index in [1.54, 1.807) is 11.3 Å². The van der Waals surface area contributed by atoms with Crippen LogP contribution in [0.1, 0.15) is 24.5 Å². The van der Waals surface area contributed by atoms with Gasteiger partial charge in [0.15, 0.2) is 0 Å². The summed E-state index contributed by atoms with van der Waals surface area (Å²) in [5, 5.41) is 7.98. The molecule has 1 N–H and O–H groups in total. The normalized spacial score (nSPS) is 12.5. The van der Waals surface area contributed by atoms with Gasteiger partial charge in [-0.1, -0.05) is 6.92 Å². The zero-order valence-corrected chi connectivity index (χ0v) is 11.6. The number of rotatable bonds is 7. The second-order valence-electron chi connectivity index (χ2n) is 4.48. The Morgan fingerprint density at radius 2 is 2.06 bits per heavy atom. The molecule has 0 aromatic carbocycles. The quantitative estimate of drug-likeness (QED) is 0.826. The van der Waals surface area contributed by atoms with E-state index in [0.29, 0.717) is 6.04 Å². The van der Waals surface area contributed by atoms with E-state index < -0.39 is 0 Å². The largest absolute Gasteiger partial charge is 0.314 e. The number of nitrogens with one attached hydrogen (secondary N) is 1. The third-order valence-electron chi connectivity index (χ3n) is 3.09. The minimum Gasteiger partial charge on any atom is -0.314 e. The predicted octanol–water partition coefficient (Wildman–Crippen LogP) is 3.30. The van der Waals surface area contributed by atoms with Gasteiger partial charge in [0.1, 0.15) is 0 Å². The maximum atomic E-state index is 4.06. The summed E-state index contributed by atoms with van der Waals surface area (Å²) >= 11 is 1.78. The first-order valence-corrected chi connectivity index (χ1v) is 7.46. The van der Waals surface area contributed by atoms with Crippen molar-refractivity contribution in [1.82, 2.24) is 10.3 Å². The monoisotopic (exact) mass is 260 g/mol. The van der Waals surface area contributed by atoms with Crippen LogP contribution in [-0.4, -0.2) is 17.6 Å². The third-order valence-corrected chi connectivity index (χ3v) is 3.82. The van der Waals surface area contributed by atoms with E-state index in [4.69, 9.17) is 0 Å². The first-order valence-electron chi connectivity index (χ1n) is 6.52. The van der Waals surface area contributed by atoms with E-state index in [2.05, 4.69) is 46.2 Å². The number of aryl methyl sites for hydroxylation is 1. The van der Waals surface area contributed by atoms with E-state index >= 15 is 0 Å². The molecule has 2 nitrogen and oxygen atoms in total. The number of aromatic nitrogens is 1. The highest BCUT2D eigenvalue weighted by Gasteiger charge is 2.08. The number of likely N-dealkylation sites (N-methyl/N-ethyl adjacent to an activating group) is 1. The molecule has 0 aliphatic carbocycles. The Balaban J connectivity index is 1.86. The predicted molar refractivity (Wildman–Crippen MR) is 78.0 cm³/mol. The van der Waals surface area contributed by atoms with Gasteiger partial charge < -0.3 is 5.32 Å². The number of thiophene rings is 1. The summed E-state index contributed by atoms with van der Waals surface area (Å²) in [4.78, 5) is 4.06. The highest BCUT2D eigenvalue weighted by molar-refractivity contribution is 7.07. The van der Waals surface area contributed by atoms with Crippen LogP contribution in [0.15, 0.2) is 41.4 Å². The first kappa shape index (κ1) is 13.2. The van der Waals surface area contributed by atoms with Crippen LogP contribution in [0.4, 0.5) is 0 Å².